The molecule has 1 fully saturated rings. The maximum Gasteiger partial charge on any atom is 0.243 e. The van der Waals surface area contributed by atoms with Gasteiger partial charge in [-0.15, -0.1) is 0 Å². The van der Waals surface area contributed by atoms with E-state index in [0.717, 1.165) is 31.4 Å². The summed E-state index contributed by atoms with van der Waals surface area (Å²) in [4.78, 5) is 2.73. The summed E-state index contributed by atoms with van der Waals surface area (Å²) in [7, 11) is -1.41. The van der Waals surface area contributed by atoms with Gasteiger partial charge >= 0.3 is 0 Å². The Morgan fingerprint density at radius 3 is 2.58 bits per heavy atom. The number of hydrogen-bond donors (Lipinski definition) is 0. The lowest BCUT2D eigenvalue weighted by Crippen LogP contribution is -2.48. The van der Waals surface area contributed by atoms with Crippen molar-refractivity contribution in [3.8, 4) is 0 Å². The summed E-state index contributed by atoms with van der Waals surface area (Å²) in [6, 6.07) is 15.7. The van der Waals surface area contributed by atoms with Crippen LogP contribution in [-0.4, -0.2) is 43.8 Å². The molecule has 0 aliphatic carbocycles. The molecule has 0 bridgehead atoms. The van der Waals surface area contributed by atoms with E-state index in [0.29, 0.717) is 11.4 Å². The van der Waals surface area contributed by atoms with Crippen molar-refractivity contribution in [3.63, 3.8) is 0 Å². The van der Waals surface area contributed by atoms with Gasteiger partial charge in [0.25, 0.3) is 0 Å². The highest BCUT2D eigenvalue weighted by Crippen LogP contribution is 2.40. The van der Waals surface area contributed by atoms with Crippen molar-refractivity contribution in [2.75, 3.05) is 20.1 Å². The van der Waals surface area contributed by atoms with Crippen LogP contribution in [0, 0.1) is 6.92 Å². The predicted octanol–water partition coefficient (Wildman–Crippen LogP) is 3.38. The van der Waals surface area contributed by atoms with Crippen molar-refractivity contribution in [2.24, 2.45) is 0 Å². The first-order valence-electron chi connectivity index (χ1n) is 9.35. The van der Waals surface area contributed by atoms with Crippen LogP contribution in [0.4, 0.5) is 0 Å². The lowest BCUT2D eigenvalue weighted by molar-refractivity contribution is 0.175. The molecule has 0 N–H and O–H groups in total. The van der Waals surface area contributed by atoms with E-state index in [9.17, 15) is 8.42 Å². The van der Waals surface area contributed by atoms with Crippen LogP contribution >= 0.6 is 0 Å². The fraction of sp³-hybridized carbons (Fsp3) is 0.429. The molecule has 0 amide bonds. The molecule has 0 spiro atoms. The predicted molar refractivity (Wildman–Crippen MR) is 104 cm³/mol. The topological polar surface area (TPSA) is 40.6 Å². The molecule has 0 saturated carbocycles. The van der Waals surface area contributed by atoms with Crippen LogP contribution in [0.2, 0.25) is 0 Å². The second-order valence-electron chi connectivity index (χ2n) is 7.52. The van der Waals surface area contributed by atoms with Crippen LogP contribution < -0.4 is 0 Å². The lowest BCUT2D eigenvalue weighted by atomic mass is 9.89. The first kappa shape index (κ1) is 17.7. The minimum absolute atomic E-state index is 0.113. The fourth-order valence-corrected chi connectivity index (χ4v) is 6.23. The van der Waals surface area contributed by atoms with Gasteiger partial charge in [0.1, 0.15) is 0 Å². The Labute approximate surface area is 156 Å². The molecule has 2 aliphatic heterocycles. The second kappa shape index (κ2) is 6.80. The third kappa shape index (κ3) is 2.98. The van der Waals surface area contributed by atoms with E-state index in [2.05, 4.69) is 30.1 Å². The summed E-state index contributed by atoms with van der Waals surface area (Å²) in [5.74, 6) is 0. The molecule has 2 heterocycles. The van der Waals surface area contributed by atoms with Gasteiger partial charge in [0.05, 0.1) is 10.9 Å². The molecule has 2 aromatic carbocycles. The second-order valence-corrected chi connectivity index (χ2v) is 9.41. The maximum atomic E-state index is 13.5. The summed E-state index contributed by atoms with van der Waals surface area (Å²) in [6.07, 6.45) is 2.93. The normalized spacial score (nSPS) is 24.5. The van der Waals surface area contributed by atoms with Gasteiger partial charge in [-0.25, -0.2) is 8.42 Å². The number of benzene rings is 2. The van der Waals surface area contributed by atoms with Crippen LogP contribution in [0.15, 0.2) is 53.4 Å². The van der Waals surface area contributed by atoms with Gasteiger partial charge in [-0.05, 0) is 68.6 Å². The molecular weight excluding hydrogens is 344 g/mol. The zero-order valence-electron chi connectivity index (χ0n) is 15.4. The molecule has 1 saturated heterocycles. The van der Waals surface area contributed by atoms with E-state index >= 15 is 0 Å². The van der Waals surface area contributed by atoms with E-state index in [1.165, 1.54) is 11.1 Å². The average Bonchev–Trinajstić information content (AvgIpc) is 3.06. The molecule has 5 heteroatoms. The van der Waals surface area contributed by atoms with Crippen molar-refractivity contribution in [1.82, 2.24) is 9.21 Å². The molecular formula is C21H26N2O2S. The van der Waals surface area contributed by atoms with E-state index in [4.69, 9.17) is 0 Å². The third-order valence-corrected chi connectivity index (χ3v) is 7.70. The number of rotatable bonds is 3. The van der Waals surface area contributed by atoms with E-state index in [-0.39, 0.29) is 12.1 Å². The number of likely N-dealkylation sites (tertiary alicyclic amines) is 1. The summed E-state index contributed by atoms with van der Waals surface area (Å²) >= 11 is 0. The van der Waals surface area contributed by atoms with Gasteiger partial charge in [-0.1, -0.05) is 36.4 Å². The Hall–Kier alpha value is -1.69. The van der Waals surface area contributed by atoms with E-state index < -0.39 is 10.0 Å². The van der Waals surface area contributed by atoms with E-state index in [1.54, 1.807) is 16.4 Å². The number of hydrogen-bond acceptors (Lipinski definition) is 3. The molecule has 2 aliphatic rings. The molecule has 4 rings (SSSR count). The van der Waals surface area contributed by atoms with Gasteiger partial charge in [-0.2, -0.15) is 4.31 Å². The summed E-state index contributed by atoms with van der Waals surface area (Å²) in [6.45, 7) is 3.51. The Balaban J connectivity index is 1.82. The Bertz CT molecular complexity index is 910. The number of likely N-dealkylation sites (N-methyl/N-ethyl adjacent to an activating group) is 1. The zero-order chi connectivity index (χ0) is 18.3. The van der Waals surface area contributed by atoms with Gasteiger partial charge in [0, 0.05) is 12.6 Å². The van der Waals surface area contributed by atoms with Gasteiger partial charge < -0.3 is 4.90 Å². The summed E-state index contributed by atoms with van der Waals surface area (Å²) < 4.78 is 28.8. The van der Waals surface area contributed by atoms with E-state index in [1.807, 2.05) is 25.1 Å². The van der Waals surface area contributed by atoms with Crippen molar-refractivity contribution in [2.45, 2.75) is 43.2 Å². The quantitative estimate of drug-likeness (QED) is 0.832. The zero-order valence-corrected chi connectivity index (χ0v) is 16.2. The Morgan fingerprint density at radius 1 is 1.04 bits per heavy atom. The summed E-state index contributed by atoms with van der Waals surface area (Å²) in [5.41, 5.74) is 3.43. The largest absolute Gasteiger partial charge is 0.301 e. The highest BCUT2D eigenvalue weighted by atomic mass is 32.2. The standard InChI is InChI=1S/C21H26N2O2S/c1-16-7-5-9-18(15-16)26(24,25)23-14-12-17-8-3-4-10-19(17)21(23)20-11-6-13-22(20)2/h3-5,7-10,15,20-21H,6,11-14H2,1-2H3. The molecule has 138 valence electrons. The monoisotopic (exact) mass is 370 g/mol. The molecule has 4 nitrogen and oxygen atoms in total. The first-order valence-corrected chi connectivity index (χ1v) is 10.8. The minimum Gasteiger partial charge on any atom is -0.301 e. The lowest BCUT2D eigenvalue weighted by Gasteiger charge is -2.41. The number of fused-ring (bicyclic) bond motifs is 1. The molecule has 2 aromatic rings. The van der Waals surface area contributed by atoms with Crippen LogP contribution in [-0.2, 0) is 16.4 Å². The number of aryl methyl sites for hydroxylation is 1. The van der Waals surface area contributed by atoms with Gasteiger partial charge in [-0.3, -0.25) is 0 Å². The smallest absolute Gasteiger partial charge is 0.243 e. The van der Waals surface area contributed by atoms with Crippen LogP contribution in [0.1, 0.15) is 35.6 Å². The SMILES string of the molecule is Cc1cccc(S(=O)(=O)N2CCc3ccccc3C2C2CCCN2C)c1. The average molecular weight is 371 g/mol. The number of sulfonamides is 1. The third-order valence-electron chi connectivity index (χ3n) is 5.82. The molecule has 0 aromatic heterocycles. The summed E-state index contributed by atoms with van der Waals surface area (Å²) in [5, 5.41) is 0. The van der Waals surface area contributed by atoms with Crippen LogP contribution in [0.5, 0.6) is 0 Å². The van der Waals surface area contributed by atoms with Gasteiger partial charge in [0.2, 0.25) is 10.0 Å². The highest BCUT2D eigenvalue weighted by molar-refractivity contribution is 7.89. The molecule has 2 atom stereocenters. The molecule has 26 heavy (non-hydrogen) atoms. The van der Waals surface area contributed by atoms with Gasteiger partial charge in [0.15, 0.2) is 0 Å². The van der Waals surface area contributed by atoms with Crippen molar-refractivity contribution >= 4 is 10.0 Å². The van der Waals surface area contributed by atoms with Crippen molar-refractivity contribution in [1.29, 1.82) is 0 Å². The van der Waals surface area contributed by atoms with Crippen LogP contribution in [0.25, 0.3) is 0 Å². The minimum atomic E-state index is -3.53. The molecule has 2 unspecified atom stereocenters. The molecule has 0 radical (unpaired) electrons. The van der Waals surface area contributed by atoms with Crippen molar-refractivity contribution < 1.29 is 8.42 Å². The Morgan fingerprint density at radius 2 is 1.85 bits per heavy atom. The highest BCUT2D eigenvalue weighted by Gasteiger charge is 2.43. The Kier molecular flexibility index (Phi) is 4.63. The van der Waals surface area contributed by atoms with Crippen molar-refractivity contribution in [3.05, 3.63) is 65.2 Å². The maximum absolute atomic E-state index is 13.5. The fourth-order valence-electron chi connectivity index (χ4n) is 4.49. The first-order chi connectivity index (χ1) is 12.5. The number of nitrogens with zero attached hydrogens (tertiary/aromatic N) is 2. The van der Waals surface area contributed by atoms with Crippen LogP contribution in [0.3, 0.4) is 0 Å².